The third-order valence-electron chi connectivity index (χ3n) is 2.62. The topological polar surface area (TPSA) is 39.1 Å². The highest BCUT2D eigenvalue weighted by molar-refractivity contribution is 9.10. The summed E-state index contributed by atoms with van der Waals surface area (Å²) in [6.45, 7) is 12.6. The van der Waals surface area contributed by atoms with E-state index in [1.807, 2.05) is 11.6 Å². The Morgan fingerprint density at radius 1 is 1.44 bits per heavy atom. The van der Waals surface area contributed by atoms with E-state index in [2.05, 4.69) is 47.1 Å². The van der Waals surface area contributed by atoms with Crippen molar-refractivity contribution in [2.45, 2.75) is 40.8 Å². The van der Waals surface area contributed by atoms with Crippen LogP contribution in [0.5, 0.6) is 0 Å². The number of aromatic nitrogens is 2. The Labute approximate surface area is 118 Å². The molecule has 5 heteroatoms. The third-order valence-corrected chi connectivity index (χ3v) is 3.65. The molecule has 0 aliphatic carbocycles. The molecule has 1 rings (SSSR count). The number of ether oxygens (including phenoxy) is 1. The predicted octanol–water partition coefficient (Wildman–Crippen LogP) is 2.74. The van der Waals surface area contributed by atoms with E-state index in [4.69, 9.17) is 4.74 Å². The minimum Gasteiger partial charge on any atom is -0.380 e. The SMILES string of the molecule is CCn1nc(C)c(Br)c1CNCCOCC(C)C. The van der Waals surface area contributed by atoms with E-state index in [0.29, 0.717) is 5.92 Å². The molecular weight excluding hydrogens is 294 g/mol. The third kappa shape index (κ3) is 4.71. The van der Waals surface area contributed by atoms with Crippen LogP contribution in [0, 0.1) is 12.8 Å². The normalized spacial score (nSPS) is 11.4. The number of rotatable bonds is 8. The number of halogens is 1. The lowest BCUT2D eigenvalue weighted by atomic mass is 10.2. The van der Waals surface area contributed by atoms with Crippen molar-refractivity contribution < 1.29 is 4.74 Å². The summed E-state index contributed by atoms with van der Waals surface area (Å²) in [4.78, 5) is 0. The molecule has 0 spiro atoms. The molecule has 1 N–H and O–H groups in total. The van der Waals surface area contributed by atoms with Crippen LogP contribution in [0.3, 0.4) is 0 Å². The molecule has 0 aliphatic rings. The van der Waals surface area contributed by atoms with Crippen LogP contribution in [-0.4, -0.2) is 29.5 Å². The summed E-state index contributed by atoms with van der Waals surface area (Å²) in [6.07, 6.45) is 0. The fourth-order valence-corrected chi connectivity index (χ4v) is 2.13. The van der Waals surface area contributed by atoms with E-state index < -0.39 is 0 Å². The quantitative estimate of drug-likeness (QED) is 0.749. The second-order valence-corrected chi connectivity index (χ2v) is 5.60. The Kier molecular flexibility index (Phi) is 6.89. The lowest BCUT2D eigenvalue weighted by Gasteiger charge is -2.09. The first kappa shape index (κ1) is 15.7. The van der Waals surface area contributed by atoms with Crippen LogP contribution in [0.25, 0.3) is 0 Å². The first-order valence-corrected chi connectivity index (χ1v) is 7.35. The van der Waals surface area contributed by atoms with E-state index in [1.165, 1.54) is 5.69 Å². The molecule has 1 aromatic rings. The van der Waals surface area contributed by atoms with Gasteiger partial charge < -0.3 is 10.1 Å². The van der Waals surface area contributed by atoms with Gasteiger partial charge in [0.1, 0.15) is 0 Å². The molecule has 0 aliphatic heterocycles. The molecule has 0 bridgehead atoms. The average Bonchev–Trinajstić information content (AvgIpc) is 2.60. The highest BCUT2D eigenvalue weighted by atomic mass is 79.9. The molecule has 1 aromatic heterocycles. The molecule has 104 valence electrons. The molecule has 0 amide bonds. The van der Waals surface area contributed by atoms with Crippen molar-refractivity contribution in [1.82, 2.24) is 15.1 Å². The summed E-state index contributed by atoms with van der Waals surface area (Å²) < 4.78 is 8.67. The van der Waals surface area contributed by atoms with Crippen molar-refractivity contribution in [3.05, 3.63) is 15.9 Å². The Morgan fingerprint density at radius 2 is 2.17 bits per heavy atom. The maximum Gasteiger partial charge on any atom is 0.0739 e. The summed E-state index contributed by atoms with van der Waals surface area (Å²) in [6, 6.07) is 0. The van der Waals surface area contributed by atoms with Crippen LogP contribution < -0.4 is 5.32 Å². The summed E-state index contributed by atoms with van der Waals surface area (Å²) >= 11 is 3.59. The average molecular weight is 318 g/mol. The lowest BCUT2D eigenvalue weighted by molar-refractivity contribution is 0.111. The second-order valence-electron chi connectivity index (χ2n) is 4.81. The molecule has 18 heavy (non-hydrogen) atoms. The van der Waals surface area contributed by atoms with Gasteiger partial charge in [0.2, 0.25) is 0 Å². The minimum absolute atomic E-state index is 0.600. The molecular formula is C13H24BrN3O. The number of nitrogens with one attached hydrogen (secondary N) is 1. The molecule has 1 heterocycles. The number of hydrogen-bond acceptors (Lipinski definition) is 3. The zero-order valence-corrected chi connectivity index (χ0v) is 13.4. The summed E-state index contributed by atoms with van der Waals surface area (Å²) in [5, 5.41) is 7.85. The highest BCUT2D eigenvalue weighted by Crippen LogP contribution is 2.20. The van der Waals surface area contributed by atoms with Crippen LogP contribution in [0.4, 0.5) is 0 Å². The Morgan fingerprint density at radius 3 is 2.78 bits per heavy atom. The van der Waals surface area contributed by atoms with E-state index in [9.17, 15) is 0 Å². The van der Waals surface area contributed by atoms with Crippen LogP contribution in [0.2, 0.25) is 0 Å². The van der Waals surface area contributed by atoms with Crippen molar-refractivity contribution in [2.24, 2.45) is 5.92 Å². The Bertz CT molecular complexity index is 363. The van der Waals surface area contributed by atoms with E-state index in [1.54, 1.807) is 0 Å². The minimum atomic E-state index is 0.600. The van der Waals surface area contributed by atoms with Crippen molar-refractivity contribution >= 4 is 15.9 Å². The van der Waals surface area contributed by atoms with Crippen molar-refractivity contribution in [3.63, 3.8) is 0 Å². The molecule has 0 saturated carbocycles. The predicted molar refractivity (Wildman–Crippen MR) is 77.7 cm³/mol. The van der Waals surface area contributed by atoms with Gasteiger partial charge in [-0.15, -0.1) is 0 Å². The van der Waals surface area contributed by atoms with Gasteiger partial charge in [-0.05, 0) is 35.7 Å². The first-order chi connectivity index (χ1) is 8.56. The van der Waals surface area contributed by atoms with Gasteiger partial charge in [0.25, 0.3) is 0 Å². The van der Waals surface area contributed by atoms with Crippen LogP contribution in [0.1, 0.15) is 32.2 Å². The summed E-state index contributed by atoms with van der Waals surface area (Å²) in [5.41, 5.74) is 2.25. The number of nitrogens with zero attached hydrogens (tertiary/aromatic N) is 2. The standard InChI is InChI=1S/C13H24BrN3O/c1-5-17-12(13(14)11(4)16-17)8-15-6-7-18-9-10(2)3/h10,15H,5-9H2,1-4H3. The van der Waals surface area contributed by atoms with Crippen molar-refractivity contribution in [1.29, 1.82) is 0 Å². The monoisotopic (exact) mass is 317 g/mol. The zero-order valence-electron chi connectivity index (χ0n) is 11.8. The fraction of sp³-hybridized carbons (Fsp3) is 0.769. The molecule has 0 fully saturated rings. The van der Waals surface area contributed by atoms with Gasteiger partial charge in [-0.25, -0.2) is 0 Å². The van der Waals surface area contributed by atoms with Gasteiger partial charge in [0.15, 0.2) is 0 Å². The fourth-order valence-electron chi connectivity index (χ4n) is 1.71. The molecule has 0 unspecified atom stereocenters. The van der Waals surface area contributed by atoms with E-state index >= 15 is 0 Å². The second kappa shape index (κ2) is 7.92. The molecule has 0 atom stereocenters. The van der Waals surface area contributed by atoms with Crippen molar-refractivity contribution in [2.75, 3.05) is 19.8 Å². The zero-order chi connectivity index (χ0) is 13.5. The van der Waals surface area contributed by atoms with Gasteiger partial charge in [0.05, 0.1) is 22.5 Å². The molecule has 0 aromatic carbocycles. The molecule has 0 radical (unpaired) electrons. The maximum absolute atomic E-state index is 5.53. The Hall–Kier alpha value is -0.390. The number of aryl methyl sites for hydroxylation is 2. The maximum atomic E-state index is 5.53. The first-order valence-electron chi connectivity index (χ1n) is 6.56. The molecule has 4 nitrogen and oxygen atoms in total. The Balaban J connectivity index is 2.31. The number of hydrogen-bond donors (Lipinski definition) is 1. The van der Waals surface area contributed by atoms with Gasteiger partial charge in [-0.2, -0.15) is 5.10 Å². The smallest absolute Gasteiger partial charge is 0.0739 e. The highest BCUT2D eigenvalue weighted by Gasteiger charge is 2.10. The van der Waals surface area contributed by atoms with Gasteiger partial charge in [-0.3, -0.25) is 4.68 Å². The van der Waals surface area contributed by atoms with Crippen LogP contribution in [0.15, 0.2) is 4.47 Å². The molecule has 0 saturated heterocycles. The van der Waals surface area contributed by atoms with E-state index in [-0.39, 0.29) is 0 Å². The van der Waals surface area contributed by atoms with Crippen molar-refractivity contribution in [3.8, 4) is 0 Å². The summed E-state index contributed by atoms with van der Waals surface area (Å²) in [7, 11) is 0. The van der Waals surface area contributed by atoms with Gasteiger partial charge in [-0.1, -0.05) is 13.8 Å². The van der Waals surface area contributed by atoms with Gasteiger partial charge in [0, 0.05) is 26.2 Å². The van der Waals surface area contributed by atoms with E-state index in [0.717, 1.165) is 43.0 Å². The van der Waals surface area contributed by atoms with Gasteiger partial charge >= 0.3 is 0 Å². The largest absolute Gasteiger partial charge is 0.380 e. The lowest BCUT2D eigenvalue weighted by Crippen LogP contribution is -2.22. The van der Waals surface area contributed by atoms with Crippen LogP contribution in [-0.2, 0) is 17.8 Å². The van der Waals surface area contributed by atoms with Crippen LogP contribution >= 0.6 is 15.9 Å². The summed E-state index contributed by atoms with van der Waals surface area (Å²) in [5.74, 6) is 0.600.